The minimum atomic E-state index is 0.940. The minimum Gasteiger partial charge on any atom is -0.0850 e. The molecule has 0 radical (unpaired) electrons. The number of hydrogen-bond donors (Lipinski definition) is 0. The molecule has 3 rings (SSSR count). The van der Waals surface area contributed by atoms with Crippen molar-refractivity contribution in [2.45, 2.75) is 46.0 Å². The fourth-order valence-electron chi connectivity index (χ4n) is 4.55. The quantitative estimate of drug-likeness (QED) is 0.548. The van der Waals surface area contributed by atoms with Crippen molar-refractivity contribution in [3.05, 3.63) is 11.6 Å². The summed E-state index contributed by atoms with van der Waals surface area (Å²) >= 11 is 0. The van der Waals surface area contributed by atoms with Crippen LogP contribution < -0.4 is 0 Å². The highest BCUT2D eigenvalue weighted by atomic mass is 14.6. The van der Waals surface area contributed by atoms with E-state index in [1.54, 1.807) is 24.8 Å². The summed E-state index contributed by atoms with van der Waals surface area (Å²) in [4.78, 5) is 0. The van der Waals surface area contributed by atoms with E-state index in [1.165, 1.54) is 12.8 Å². The Hall–Kier alpha value is -0.260. The molecule has 0 saturated heterocycles. The molecule has 0 nitrogen and oxygen atoms in total. The number of allylic oxidation sites excluding steroid dienone is 2. The summed E-state index contributed by atoms with van der Waals surface area (Å²) in [7, 11) is 0. The zero-order chi connectivity index (χ0) is 9.71. The largest absolute Gasteiger partial charge is 0.0850 e. The molecule has 0 aromatic heterocycles. The monoisotopic (exact) mass is 190 g/mol. The molecule has 2 saturated carbocycles. The van der Waals surface area contributed by atoms with Gasteiger partial charge in [-0.15, -0.1) is 0 Å². The van der Waals surface area contributed by atoms with Gasteiger partial charge >= 0.3 is 0 Å². The van der Waals surface area contributed by atoms with Gasteiger partial charge < -0.3 is 0 Å². The van der Waals surface area contributed by atoms with Gasteiger partial charge in [-0.2, -0.15) is 0 Å². The van der Waals surface area contributed by atoms with Crippen LogP contribution in [0.5, 0.6) is 0 Å². The Kier molecular flexibility index (Phi) is 2.00. The molecule has 0 spiro atoms. The van der Waals surface area contributed by atoms with Crippen molar-refractivity contribution < 1.29 is 0 Å². The van der Waals surface area contributed by atoms with Gasteiger partial charge in [0, 0.05) is 0 Å². The zero-order valence-electron chi connectivity index (χ0n) is 9.50. The number of fused-ring (bicyclic) bond motifs is 5. The molecule has 0 aromatic carbocycles. The maximum atomic E-state index is 2.56. The Balaban J connectivity index is 1.91. The lowest BCUT2D eigenvalue weighted by Gasteiger charge is -2.40. The minimum absolute atomic E-state index is 0.940. The van der Waals surface area contributed by atoms with E-state index in [4.69, 9.17) is 0 Å². The van der Waals surface area contributed by atoms with Crippen LogP contribution in [-0.4, -0.2) is 0 Å². The highest BCUT2D eigenvalue weighted by Crippen LogP contribution is 2.59. The van der Waals surface area contributed by atoms with Crippen LogP contribution >= 0.6 is 0 Å². The Morgan fingerprint density at radius 1 is 1.21 bits per heavy atom. The molecule has 2 bridgehead atoms. The second kappa shape index (κ2) is 3.12. The third-order valence-corrected chi connectivity index (χ3v) is 5.40. The first kappa shape index (κ1) is 9.00. The summed E-state index contributed by atoms with van der Waals surface area (Å²) in [6, 6.07) is 0. The molecule has 0 aromatic rings. The van der Waals surface area contributed by atoms with E-state index in [1.807, 2.05) is 0 Å². The van der Waals surface area contributed by atoms with Crippen LogP contribution in [0.3, 0.4) is 0 Å². The van der Waals surface area contributed by atoms with Crippen LogP contribution in [0, 0.1) is 29.6 Å². The smallest absolute Gasteiger partial charge is 0.0177 e. The Morgan fingerprint density at radius 3 is 2.64 bits per heavy atom. The summed E-state index contributed by atoms with van der Waals surface area (Å²) in [5, 5.41) is 0. The second-order valence-corrected chi connectivity index (χ2v) is 5.76. The predicted molar refractivity (Wildman–Crippen MR) is 60.0 cm³/mol. The highest BCUT2D eigenvalue weighted by Gasteiger charge is 2.50. The van der Waals surface area contributed by atoms with Gasteiger partial charge in [0.2, 0.25) is 0 Å². The molecule has 3 aliphatic rings. The van der Waals surface area contributed by atoms with Gasteiger partial charge in [-0.1, -0.05) is 18.6 Å². The molecule has 0 heterocycles. The fourth-order valence-corrected chi connectivity index (χ4v) is 4.55. The van der Waals surface area contributed by atoms with Crippen LogP contribution in [-0.2, 0) is 0 Å². The molecule has 5 unspecified atom stereocenters. The topological polar surface area (TPSA) is 0 Å². The molecule has 5 atom stereocenters. The number of hydrogen-bond acceptors (Lipinski definition) is 0. The standard InChI is InChI=1S/C14H22/c1-3-11-9(2)4-5-10-8-14(11)13-7-6-12(10)13/h4,10-14H,3,5-8H2,1-2H3. The number of rotatable bonds is 1. The normalized spacial score (nSPS) is 50.4. The van der Waals surface area contributed by atoms with Gasteiger partial charge in [0.1, 0.15) is 0 Å². The Morgan fingerprint density at radius 2 is 2.00 bits per heavy atom. The van der Waals surface area contributed by atoms with E-state index in [0.717, 1.165) is 29.6 Å². The van der Waals surface area contributed by atoms with Crippen LogP contribution in [0.1, 0.15) is 46.0 Å². The van der Waals surface area contributed by atoms with Gasteiger partial charge in [-0.05, 0) is 68.6 Å². The molecule has 78 valence electrons. The van der Waals surface area contributed by atoms with E-state index >= 15 is 0 Å². The van der Waals surface area contributed by atoms with Crippen LogP contribution in [0.2, 0.25) is 0 Å². The van der Waals surface area contributed by atoms with E-state index < -0.39 is 0 Å². The summed E-state index contributed by atoms with van der Waals surface area (Å²) in [6.45, 7) is 4.76. The molecule has 0 aliphatic heterocycles. The Labute approximate surface area is 87.8 Å². The zero-order valence-corrected chi connectivity index (χ0v) is 9.50. The average Bonchev–Trinajstić information content (AvgIpc) is 2.26. The summed E-state index contributed by atoms with van der Waals surface area (Å²) in [6.07, 6.45) is 10.0. The molecule has 0 N–H and O–H groups in total. The highest BCUT2D eigenvalue weighted by molar-refractivity contribution is 5.14. The Bertz CT molecular complexity index is 263. The van der Waals surface area contributed by atoms with Crippen molar-refractivity contribution in [3.8, 4) is 0 Å². The van der Waals surface area contributed by atoms with Crippen molar-refractivity contribution in [2.24, 2.45) is 29.6 Å². The van der Waals surface area contributed by atoms with Gasteiger partial charge in [0.25, 0.3) is 0 Å². The molecular formula is C14H22. The van der Waals surface area contributed by atoms with Gasteiger partial charge in [-0.25, -0.2) is 0 Å². The van der Waals surface area contributed by atoms with E-state index in [0.29, 0.717) is 0 Å². The summed E-state index contributed by atoms with van der Waals surface area (Å²) in [5.74, 6) is 5.36. The first-order valence-corrected chi connectivity index (χ1v) is 6.48. The van der Waals surface area contributed by atoms with E-state index in [9.17, 15) is 0 Å². The van der Waals surface area contributed by atoms with Gasteiger partial charge in [0.05, 0.1) is 0 Å². The van der Waals surface area contributed by atoms with Gasteiger partial charge in [-0.3, -0.25) is 0 Å². The van der Waals surface area contributed by atoms with E-state index in [-0.39, 0.29) is 0 Å². The predicted octanol–water partition coefficient (Wildman–Crippen LogP) is 4.02. The van der Waals surface area contributed by atoms with Crippen LogP contribution in [0.25, 0.3) is 0 Å². The summed E-state index contributed by atoms with van der Waals surface area (Å²) in [5.41, 5.74) is 1.71. The maximum absolute atomic E-state index is 2.56. The molecule has 0 amide bonds. The van der Waals surface area contributed by atoms with Crippen molar-refractivity contribution in [1.29, 1.82) is 0 Å². The molecule has 2 fully saturated rings. The lowest BCUT2D eigenvalue weighted by molar-refractivity contribution is 0.119. The third-order valence-electron chi connectivity index (χ3n) is 5.40. The van der Waals surface area contributed by atoms with Crippen molar-refractivity contribution in [2.75, 3.05) is 0 Å². The summed E-state index contributed by atoms with van der Waals surface area (Å²) < 4.78 is 0. The lowest BCUT2D eigenvalue weighted by atomic mass is 9.65. The third kappa shape index (κ3) is 1.06. The SMILES string of the molecule is CCC1C(C)=CCC2CC1C1CCC21. The van der Waals surface area contributed by atoms with Gasteiger partial charge in [0.15, 0.2) is 0 Å². The fraction of sp³-hybridized carbons (Fsp3) is 0.857. The van der Waals surface area contributed by atoms with Crippen molar-refractivity contribution >= 4 is 0 Å². The van der Waals surface area contributed by atoms with Crippen LogP contribution in [0.15, 0.2) is 11.6 Å². The first-order valence-electron chi connectivity index (χ1n) is 6.48. The molecular weight excluding hydrogens is 168 g/mol. The average molecular weight is 190 g/mol. The first-order chi connectivity index (χ1) is 6.81. The van der Waals surface area contributed by atoms with Crippen LogP contribution in [0.4, 0.5) is 0 Å². The molecule has 14 heavy (non-hydrogen) atoms. The second-order valence-electron chi connectivity index (χ2n) is 5.76. The molecule has 0 heteroatoms. The lowest BCUT2D eigenvalue weighted by Crippen LogP contribution is -2.32. The van der Waals surface area contributed by atoms with Crippen molar-refractivity contribution in [1.82, 2.24) is 0 Å². The maximum Gasteiger partial charge on any atom is -0.0177 e. The van der Waals surface area contributed by atoms with Crippen molar-refractivity contribution in [3.63, 3.8) is 0 Å². The molecule has 3 aliphatic carbocycles. The van der Waals surface area contributed by atoms with E-state index in [2.05, 4.69) is 19.9 Å².